The van der Waals surface area contributed by atoms with Gasteiger partial charge in [-0.05, 0) is 64.2 Å². The molecule has 1 fully saturated rings. The van der Waals surface area contributed by atoms with Crippen LogP contribution in [0.15, 0.2) is 24.3 Å². The van der Waals surface area contributed by atoms with Crippen LogP contribution in [0.5, 0.6) is 0 Å². The number of rotatable bonds is 5. The average molecular weight is 360 g/mol. The van der Waals surface area contributed by atoms with E-state index in [2.05, 4.69) is 24.4 Å². The molecule has 0 atom stereocenters. The van der Waals surface area contributed by atoms with Gasteiger partial charge in [0.15, 0.2) is 0 Å². The molecule has 5 heteroatoms. The highest BCUT2D eigenvalue weighted by Crippen LogP contribution is 2.22. The van der Waals surface area contributed by atoms with Crippen LogP contribution in [-0.2, 0) is 16.0 Å². The van der Waals surface area contributed by atoms with Crippen molar-refractivity contribution in [1.29, 1.82) is 0 Å². The quantitative estimate of drug-likeness (QED) is 0.834. The van der Waals surface area contributed by atoms with Crippen molar-refractivity contribution in [2.45, 2.75) is 65.4 Å². The molecule has 2 rings (SSSR count). The summed E-state index contributed by atoms with van der Waals surface area (Å²) < 4.78 is 5.39. The standard InChI is InChI=1S/C21H32N2O3/c1-5-6-7-16-8-10-18(11-9-16)22-19(24)17-12-14-23(15-13-17)20(25)26-21(2,3)4/h8-11,17H,5-7,12-15H2,1-4H3,(H,22,24). The number of unbranched alkanes of at least 4 members (excludes halogenated alkanes) is 1. The number of carbonyl (C=O) groups excluding carboxylic acids is 2. The second kappa shape index (κ2) is 9.06. The molecule has 0 aliphatic carbocycles. The number of hydrogen-bond donors (Lipinski definition) is 1. The lowest BCUT2D eigenvalue weighted by Gasteiger charge is -2.32. The lowest BCUT2D eigenvalue weighted by atomic mass is 9.96. The molecule has 1 N–H and O–H groups in total. The number of aryl methyl sites for hydroxylation is 1. The molecular weight excluding hydrogens is 328 g/mol. The van der Waals surface area contributed by atoms with E-state index in [9.17, 15) is 9.59 Å². The van der Waals surface area contributed by atoms with Gasteiger partial charge in [-0.2, -0.15) is 0 Å². The molecular formula is C21H32N2O3. The van der Waals surface area contributed by atoms with Gasteiger partial charge in [0.2, 0.25) is 5.91 Å². The maximum absolute atomic E-state index is 12.5. The monoisotopic (exact) mass is 360 g/mol. The minimum Gasteiger partial charge on any atom is -0.444 e. The first kappa shape index (κ1) is 20.3. The van der Waals surface area contributed by atoms with E-state index in [0.29, 0.717) is 25.9 Å². The van der Waals surface area contributed by atoms with Crippen LogP contribution in [0.25, 0.3) is 0 Å². The van der Waals surface area contributed by atoms with Crippen LogP contribution in [0.4, 0.5) is 10.5 Å². The van der Waals surface area contributed by atoms with E-state index in [-0.39, 0.29) is 17.9 Å². The molecule has 1 aliphatic rings. The van der Waals surface area contributed by atoms with Crippen LogP contribution in [0.1, 0.15) is 58.9 Å². The predicted octanol–water partition coefficient (Wildman–Crippen LogP) is 4.61. The fourth-order valence-corrected chi connectivity index (χ4v) is 3.03. The third-order valence-electron chi connectivity index (χ3n) is 4.56. The van der Waals surface area contributed by atoms with Gasteiger partial charge in [0, 0.05) is 24.7 Å². The van der Waals surface area contributed by atoms with E-state index < -0.39 is 5.60 Å². The zero-order chi connectivity index (χ0) is 19.2. The number of ether oxygens (including phenoxy) is 1. The lowest BCUT2D eigenvalue weighted by molar-refractivity contribution is -0.121. The fraction of sp³-hybridized carbons (Fsp3) is 0.619. The number of hydrogen-bond acceptors (Lipinski definition) is 3. The summed E-state index contributed by atoms with van der Waals surface area (Å²) >= 11 is 0. The summed E-state index contributed by atoms with van der Waals surface area (Å²) in [5.74, 6) is -0.0244. The van der Waals surface area contributed by atoms with Gasteiger partial charge >= 0.3 is 6.09 Å². The first-order chi connectivity index (χ1) is 12.3. The molecule has 0 radical (unpaired) electrons. The molecule has 1 aromatic rings. The first-order valence-electron chi connectivity index (χ1n) is 9.66. The smallest absolute Gasteiger partial charge is 0.410 e. The normalized spacial score (nSPS) is 15.6. The Kier molecular flexibility index (Phi) is 7.06. The van der Waals surface area contributed by atoms with E-state index in [1.165, 1.54) is 18.4 Å². The number of carbonyl (C=O) groups is 2. The van der Waals surface area contributed by atoms with Gasteiger partial charge in [0.05, 0.1) is 0 Å². The Labute approximate surface area is 157 Å². The van der Waals surface area contributed by atoms with Gasteiger partial charge in [-0.25, -0.2) is 4.79 Å². The molecule has 0 spiro atoms. The number of benzene rings is 1. The molecule has 1 saturated heterocycles. The highest BCUT2D eigenvalue weighted by molar-refractivity contribution is 5.92. The molecule has 0 unspecified atom stereocenters. The summed E-state index contributed by atoms with van der Waals surface area (Å²) in [4.78, 5) is 26.3. The second-order valence-electron chi connectivity index (χ2n) is 8.03. The van der Waals surface area contributed by atoms with Crippen molar-refractivity contribution in [2.75, 3.05) is 18.4 Å². The van der Waals surface area contributed by atoms with Crippen LogP contribution in [-0.4, -0.2) is 35.6 Å². The average Bonchev–Trinajstić information content (AvgIpc) is 2.60. The molecule has 1 heterocycles. The third kappa shape index (κ3) is 6.36. The van der Waals surface area contributed by atoms with Crippen molar-refractivity contribution in [3.8, 4) is 0 Å². The topological polar surface area (TPSA) is 58.6 Å². The van der Waals surface area contributed by atoms with Crippen LogP contribution in [0, 0.1) is 5.92 Å². The minimum absolute atomic E-state index is 0.0372. The van der Waals surface area contributed by atoms with E-state index in [0.717, 1.165) is 12.1 Å². The fourth-order valence-electron chi connectivity index (χ4n) is 3.03. The van der Waals surface area contributed by atoms with Crippen molar-refractivity contribution in [2.24, 2.45) is 5.92 Å². The molecule has 2 amide bonds. The summed E-state index contributed by atoms with van der Waals surface area (Å²) in [6, 6.07) is 8.10. The van der Waals surface area contributed by atoms with Gasteiger partial charge in [-0.3, -0.25) is 4.79 Å². The van der Waals surface area contributed by atoms with Gasteiger partial charge in [0.25, 0.3) is 0 Å². The van der Waals surface area contributed by atoms with Crippen LogP contribution < -0.4 is 5.32 Å². The van der Waals surface area contributed by atoms with Crippen LogP contribution in [0.3, 0.4) is 0 Å². The molecule has 144 valence electrons. The summed E-state index contributed by atoms with van der Waals surface area (Å²) in [5.41, 5.74) is 1.65. The molecule has 1 aromatic carbocycles. The Bertz CT molecular complexity index is 597. The van der Waals surface area contributed by atoms with Crippen LogP contribution in [0.2, 0.25) is 0 Å². The number of nitrogens with zero attached hydrogens (tertiary/aromatic N) is 1. The SMILES string of the molecule is CCCCc1ccc(NC(=O)C2CCN(C(=O)OC(C)(C)C)CC2)cc1. The number of nitrogens with one attached hydrogen (secondary N) is 1. The van der Waals surface area contributed by atoms with Crippen molar-refractivity contribution in [1.82, 2.24) is 4.90 Å². The maximum atomic E-state index is 12.5. The number of amides is 2. The molecule has 0 aromatic heterocycles. The van der Waals surface area contributed by atoms with Crippen molar-refractivity contribution < 1.29 is 14.3 Å². The van der Waals surface area contributed by atoms with Crippen molar-refractivity contribution in [3.63, 3.8) is 0 Å². The zero-order valence-corrected chi connectivity index (χ0v) is 16.5. The van der Waals surface area contributed by atoms with Crippen molar-refractivity contribution >= 4 is 17.7 Å². The van der Waals surface area contributed by atoms with Gasteiger partial charge in [-0.15, -0.1) is 0 Å². The first-order valence-corrected chi connectivity index (χ1v) is 9.66. The van der Waals surface area contributed by atoms with Crippen LogP contribution >= 0.6 is 0 Å². The number of anilines is 1. The largest absolute Gasteiger partial charge is 0.444 e. The Morgan fingerprint density at radius 2 is 1.77 bits per heavy atom. The Balaban J connectivity index is 1.80. The van der Waals surface area contributed by atoms with Gasteiger partial charge in [-0.1, -0.05) is 25.5 Å². The van der Waals surface area contributed by atoms with E-state index >= 15 is 0 Å². The maximum Gasteiger partial charge on any atom is 0.410 e. The summed E-state index contributed by atoms with van der Waals surface area (Å²) in [5, 5.41) is 3.00. The Hall–Kier alpha value is -2.04. The molecule has 1 aliphatic heterocycles. The second-order valence-corrected chi connectivity index (χ2v) is 8.03. The third-order valence-corrected chi connectivity index (χ3v) is 4.56. The minimum atomic E-state index is -0.491. The van der Waals surface area contributed by atoms with E-state index in [4.69, 9.17) is 4.74 Å². The molecule has 5 nitrogen and oxygen atoms in total. The zero-order valence-electron chi connectivity index (χ0n) is 16.5. The Morgan fingerprint density at radius 1 is 1.15 bits per heavy atom. The van der Waals surface area contributed by atoms with Gasteiger partial charge < -0.3 is 15.0 Å². The lowest BCUT2D eigenvalue weighted by Crippen LogP contribution is -2.43. The molecule has 0 bridgehead atoms. The number of likely N-dealkylation sites (tertiary alicyclic amines) is 1. The highest BCUT2D eigenvalue weighted by Gasteiger charge is 2.29. The molecule has 0 saturated carbocycles. The molecule has 26 heavy (non-hydrogen) atoms. The Morgan fingerprint density at radius 3 is 2.31 bits per heavy atom. The van der Waals surface area contributed by atoms with Gasteiger partial charge in [0.1, 0.15) is 5.60 Å². The predicted molar refractivity (Wildman–Crippen MR) is 104 cm³/mol. The highest BCUT2D eigenvalue weighted by atomic mass is 16.6. The van der Waals surface area contributed by atoms with Crippen molar-refractivity contribution in [3.05, 3.63) is 29.8 Å². The summed E-state index contributed by atoms with van der Waals surface area (Å²) in [6.07, 6.45) is 4.48. The summed E-state index contributed by atoms with van der Waals surface area (Å²) in [6.45, 7) is 8.88. The number of piperidine rings is 1. The van der Waals surface area contributed by atoms with E-state index in [1.807, 2.05) is 32.9 Å². The van der Waals surface area contributed by atoms with E-state index in [1.54, 1.807) is 4.90 Å². The summed E-state index contributed by atoms with van der Waals surface area (Å²) in [7, 11) is 0.